The fourth-order valence-electron chi connectivity index (χ4n) is 2.19. The quantitative estimate of drug-likeness (QED) is 0.756. The summed E-state index contributed by atoms with van der Waals surface area (Å²) in [6.07, 6.45) is 5.30. The topological polar surface area (TPSA) is 58.4 Å². The maximum absolute atomic E-state index is 12.0. The minimum absolute atomic E-state index is 0.00277. The molecule has 4 nitrogen and oxygen atoms in total. The summed E-state index contributed by atoms with van der Waals surface area (Å²) in [6, 6.07) is 0.310. The predicted molar refractivity (Wildman–Crippen MR) is 75.4 cm³/mol. The number of piperidine rings is 1. The molecule has 106 valence electrons. The zero-order valence-electron chi connectivity index (χ0n) is 12.2. The molecule has 0 saturated carbocycles. The Hall–Kier alpha value is -0.610. The second-order valence-electron chi connectivity index (χ2n) is 5.71. The van der Waals surface area contributed by atoms with Crippen LogP contribution in [0.25, 0.3) is 0 Å². The average Bonchev–Trinajstić information content (AvgIpc) is 2.37. The van der Waals surface area contributed by atoms with Gasteiger partial charge in [0.25, 0.3) is 0 Å². The van der Waals surface area contributed by atoms with Crippen molar-refractivity contribution >= 4 is 5.91 Å². The number of carbonyl (C=O) groups excluding carboxylic acids is 1. The maximum atomic E-state index is 12.0. The van der Waals surface area contributed by atoms with Crippen LogP contribution in [-0.2, 0) is 4.79 Å². The summed E-state index contributed by atoms with van der Waals surface area (Å²) in [4.78, 5) is 14.5. The molecule has 0 spiro atoms. The number of carbonyl (C=O) groups is 1. The van der Waals surface area contributed by atoms with Gasteiger partial charge < -0.3 is 16.0 Å². The van der Waals surface area contributed by atoms with Crippen molar-refractivity contribution < 1.29 is 4.79 Å². The Morgan fingerprint density at radius 3 is 2.50 bits per heavy atom. The van der Waals surface area contributed by atoms with E-state index in [0.29, 0.717) is 12.5 Å². The maximum Gasteiger partial charge on any atom is 0.240 e. The highest BCUT2D eigenvalue weighted by molar-refractivity contribution is 5.85. The predicted octanol–water partition coefficient (Wildman–Crippen LogP) is 1.49. The summed E-state index contributed by atoms with van der Waals surface area (Å²) >= 11 is 0. The van der Waals surface area contributed by atoms with Gasteiger partial charge in [-0.2, -0.15) is 0 Å². The van der Waals surface area contributed by atoms with Crippen molar-refractivity contribution in [3.05, 3.63) is 0 Å². The van der Waals surface area contributed by atoms with Crippen LogP contribution in [0.5, 0.6) is 0 Å². The molecular weight excluding hydrogens is 226 g/mol. The number of nitrogens with one attached hydrogen (secondary N) is 1. The highest BCUT2D eigenvalue weighted by Gasteiger charge is 2.29. The van der Waals surface area contributed by atoms with E-state index >= 15 is 0 Å². The van der Waals surface area contributed by atoms with Gasteiger partial charge in [-0.15, -0.1) is 0 Å². The van der Waals surface area contributed by atoms with Crippen LogP contribution < -0.4 is 11.1 Å². The second-order valence-corrected chi connectivity index (χ2v) is 5.71. The van der Waals surface area contributed by atoms with E-state index in [2.05, 4.69) is 17.1 Å². The Kier molecular flexibility index (Phi) is 6.09. The van der Waals surface area contributed by atoms with E-state index in [1.165, 1.54) is 19.4 Å². The first kappa shape index (κ1) is 15.4. The number of rotatable bonds is 6. The molecule has 1 amide bonds. The minimum atomic E-state index is -0.723. The van der Waals surface area contributed by atoms with Crippen molar-refractivity contribution in [2.75, 3.05) is 19.6 Å². The zero-order chi connectivity index (χ0) is 13.6. The summed E-state index contributed by atoms with van der Waals surface area (Å²) in [5, 5.41) is 3.10. The number of amides is 1. The van der Waals surface area contributed by atoms with Crippen molar-refractivity contribution in [2.24, 2.45) is 5.73 Å². The van der Waals surface area contributed by atoms with Crippen LogP contribution in [-0.4, -0.2) is 42.0 Å². The number of hydrogen-bond acceptors (Lipinski definition) is 3. The molecule has 1 aliphatic rings. The van der Waals surface area contributed by atoms with E-state index in [1.807, 2.05) is 6.92 Å². The summed E-state index contributed by atoms with van der Waals surface area (Å²) < 4.78 is 0. The van der Waals surface area contributed by atoms with Crippen molar-refractivity contribution in [3.8, 4) is 0 Å². The molecule has 1 unspecified atom stereocenters. The first-order valence-corrected chi connectivity index (χ1v) is 7.31. The first-order chi connectivity index (χ1) is 8.49. The average molecular weight is 255 g/mol. The molecule has 1 atom stereocenters. The Balaban J connectivity index is 2.29. The van der Waals surface area contributed by atoms with E-state index in [0.717, 1.165) is 25.9 Å². The third-order valence-electron chi connectivity index (χ3n) is 4.00. The molecule has 18 heavy (non-hydrogen) atoms. The molecule has 1 saturated heterocycles. The lowest BCUT2D eigenvalue weighted by atomic mass is 9.97. The van der Waals surface area contributed by atoms with Gasteiger partial charge in [-0.1, -0.05) is 20.3 Å². The van der Waals surface area contributed by atoms with Gasteiger partial charge in [-0.25, -0.2) is 0 Å². The van der Waals surface area contributed by atoms with Gasteiger partial charge in [0, 0.05) is 19.1 Å². The molecule has 0 aromatic carbocycles. The lowest BCUT2D eigenvalue weighted by Crippen LogP contribution is -2.55. The smallest absolute Gasteiger partial charge is 0.240 e. The van der Waals surface area contributed by atoms with Gasteiger partial charge in [-0.3, -0.25) is 4.79 Å². The molecule has 1 rings (SSSR count). The Morgan fingerprint density at radius 1 is 1.39 bits per heavy atom. The highest BCUT2D eigenvalue weighted by atomic mass is 16.2. The molecule has 0 aliphatic carbocycles. The van der Waals surface area contributed by atoms with E-state index in [1.54, 1.807) is 6.92 Å². The molecule has 0 aromatic heterocycles. The SMILES string of the molecule is CCCCN1CCC(NC(=O)C(C)(N)CC)CC1. The molecular formula is C14H29N3O. The van der Waals surface area contributed by atoms with E-state index in [9.17, 15) is 4.79 Å². The highest BCUT2D eigenvalue weighted by Crippen LogP contribution is 2.13. The van der Waals surface area contributed by atoms with Crippen LogP contribution in [0.4, 0.5) is 0 Å². The van der Waals surface area contributed by atoms with Gasteiger partial charge in [0.15, 0.2) is 0 Å². The van der Waals surface area contributed by atoms with Gasteiger partial charge in [0.2, 0.25) is 5.91 Å². The molecule has 4 heteroatoms. The van der Waals surface area contributed by atoms with E-state index < -0.39 is 5.54 Å². The third kappa shape index (κ3) is 4.58. The molecule has 3 N–H and O–H groups in total. The molecule has 1 aliphatic heterocycles. The molecule has 1 fully saturated rings. The number of unbranched alkanes of at least 4 members (excludes halogenated alkanes) is 1. The van der Waals surface area contributed by atoms with E-state index in [-0.39, 0.29) is 5.91 Å². The summed E-state index contributed by atoms with van der Waals surface area (Å²) in [5.41, 5.74) is 5.22. The summed E-state index contributed by atoms with van der Waals surface area (Å²) in [6.45, 7) is 9.36. The second kappa shape index (κ2) is 7.10. The number of likely N-dealkylation sites (tertiary alicyclic amines) is 1. The van der Waals surface area contributed by atoms with Gasteiger partial charge in [0.05, 0.1) is 5.54 Å². The van der Waals surface area contributed by atoms with Crippen LogP contribution in [0.15, 0.2) is 0 Å². The van der Waals surface area contributed by atoms with Gasteiger partial charge >= 0.3 is 0 Å². The fraction of sp³-hybridized carbons (Fsp3) is 0.929. The van der Waals surface area contributed by atoms with Gasteiger partial charge in [-0.05, 0) is 39.2 Å². The molecule has 0 bridgehead atoms. The summed E-state index contributed by atoms with van der Waals surface area (Å²) in [5.74, 6) is -0.00277. The monoisotopic (exact) mass is 255 g/mol. The van der Waals surface area contributed by atoms with Crippen LogP contribution in [0.2, 0.25) is 0 Å². The minimum Gasteiger partial charge on any atom is -0.352 e. The normalized spacial score (nSPS) is 21.6. The standard InChI is InChI=1S/C14H29N3O/c1-4-6-9-17-10-7-12(8-11-17)16-13(18)14(3,15)5-2/h12H,4-11,15H2,1-3H3,(H,16,18). The fourth-order valence-corrected chi connectivity index (χ4v) is 2.19. The van der Waals surface area contributed by atoms with Crippen molar-refractivity contribution in [3.63, 3.8) is 0 Å². The Bertz CT molecular complexity index is 258. The van der Waals surface area contributed by atoms with Crippen molar-refractivity contribution in [2.45, 2.75) is 64.5 Å². The van der Waals surface area contributed by atoms with Crippen LogP contribution in [0.1, 0.15) is 52.9 Å². The molecule has 1 heterocycles. The lowest BCUT2D eigenvalue weighted by Gasteiger charge is -2.34. The number of nitrogens with zero attached hydrogens (tertiary/aromatic N) is 1. The van der Waals surface area contributed by atoms with E-state index in [4.69, 9.17) is 5.73 Å². The largest absolute Gasteiger partial charge is 0.352 e. The first-order valence-electron chi connectivity index (χ1n) is 7.31. The lowest BCUT2D eigenvalue weighted by molar-refractivity contribution is -0.126. The van der Waals surface area contributed by atoms with Crippen LogP contribution in [0.3, 0.4) is 0 Å². The third-order valence-corrected chi connectivity index (χ3v) is 4.00. The Morgan fingerprint density at radius 2 is 2.00 bits per heavy atom. The van der Waals surface area contributed by atoms with Crippen molar-refractivity contribution in [1.82, 2.24) is 10.2 Å². The summed E-state index contributed by atoms with van der Waals surface area (Å²) in [7, 11) is 0. The number of hydrogen-bond donors (Lipinski definition) is 2. The van der Waals surface area contributed by atoms with Crippen LogP contribution >= 0.6 is 0 Å². The van der Waals surface area contributed by atoms with Crippen LogP contribution in [0, 0.1) is 0 Å². The van der Waals surface area contributed by atoms with Gasteiger partial charge in [0.1, 0.15) is 0 Å². The van der Waals surface area contributed by atoms with Crippen molar-refractivity contribution in [1.29, 1.82) is 0 Å². The number of nitrogens with two attached hydrogens (primary N) is 1. The molecule has 0 aromatic rings. The Labute approximate surface area is 111 Å². The molecule has 0 radical (unpaired) electrons. The zero-order valence-corrected chi connectivity index (χ0v) is 12.2.